The second-order valence-electron chi connectivity index (χ2n) is 0. The van der Waals surface area contributed by atoms with Crippen LogP contribution in [0.3, 0.4) is 0 Å². The average Bonchev–Trinajstić information content (AvgIpc) is 0. The summed E-state index contributed by atoms with van der Waals surface area (Å²) in [6.07, 6.45) is 0. The van der Waals surface area contributed by atoms with Crippen molar-refractivity contribution in [2.24, 2.45) is 0 Å². The van der Waals surface area contributed by atoms with E-state index in [1.54, 1.807) is 0 Å². The summed E-state index contributed by atoms with van der Waals surface area (Å²) in [4.78, 5) is 0. The highest BCUT2D eigenvalue weighted by atomic mass is 35.5. The van der Waals surface area contributed by atoms with Gasteiger partial charge in [-0.2, -0.15) is 0 Å². The summed E-state index contributed by atoms with van der Waals surface area (Å²) in [6, 6.07) is 0. The van der Waals surface area contributed by atoms with Gasteiger partial charge in [-0.15, -0.1) is 24.8 Å². The maximum absolute atomic E-state index is 0. The minimum Gasteiger partial charge on any atom is -0.412 e. The molecule has 0 atom stereocenters. The molecule has 2 nitrogen and oxygen atoms in total. The highest BCUT2D eigenvalue weighted by Crippen LogP contribution is 0.691. The third-order valence-corrected chi connectivity index (χ3v) is 0. The van der Waals surface area contributed by atoms with Crippen molar-refractivity contribution in [3.05, 3.63) is 0 Å². The van der Waals surface area contributed by atoms with E-state index in [0.29, 0.717) is 0 Å². The van der Waals surface area contributed by atoms with Gasteiger partial charge in [-0.3, -0.25) is 4.70 Å². The summed E-state index contributed by atoms with van der Waals surface area (Å²) < 4.78 is 0. The van der Waals surface area contributed by atoms with Crippen molar-refractivity contribution in [3.63, 3.8) is 0 Å². The van der Waals surface area contributed by atoms with Gasteiger partial charge in [0.1, 0.15) is 0 Å². The van der Waals surface area contributed by atoms with Gasteiger partial charge >= 0.3 is 0 Å². The lowest BCUT2D eigenvalue weighted by Crippen LogP contribution is -0.290. The highest BCUT2D eigenvalue weighted by Gasteiger charge is -0.146. The van der Waals surface area contributed by atoms with Crippen LogP contribution in [0, 0.1) is 0 Å². The molecule has 4 N–H and O–H groups in total. The third kappa shape index (κ3) is 141. The molecule has 0 fully saturated rings. The molecule has 0 aliphatic rings. The molecule has 0 amide bonds. The molecule has 0 radical (unpaired) electrons. The smallest absolute Gasteiger partial charge is 0.147 e. The van der Waals surface area contributed by atoms with Gasteiger partial charge < -0.3 is 11.0 Å². The van der Waals surface area contributed by atoms with E-state index < -0.39 is 0 Å². The van der Waals surface area contributed by atoms with E-state index in [1.807, 2.05) is 0 Å². The van der Waals surface area contributed by atoms with Crippen LogP contribution in [0.1, 0.15) is 0 Å². The Kier molecular flexibility index (Phi) is 32500. The Morgan fingerprint density at radius 1 is 0.600 bits per heavy atom. The molecule has 0 spiro atoms. The van der Waals surface area contributed by atoms with Crippen molar-refractivity contribution in [1.82, 2.24) is 0 Å². The minimum absolute atomic E-state index is 0. The van der Waals surface area contributed by atoms with Crippen molar-refractivity contribution < 1.29 is 15.7 Å². The Morgan fingerprint density at radius 3 is 0.600 bits per heavy atom. The Hall–Kier alpha value is 0.430. The summed E-state index contributed by atoms with van der Waals surface area (Å²) >= 11 is 0. The van der Waals surface area contributed by atoms with Crippen molar-refractivity contribution in [1.29, 1.82) is 0 Å². The first kappa shape index (κ1) is 576. The maximum atomic E-state index is 0. The molecule has 0 bridgehead atoms. The zero-order valence-electron chi connectivity index (χ0n) is 2.22. The zero-order valence-corrected chi connectivity index (χ0v) is 3.86. The number of rotatable bonds is 0. The minimum atomic E-state index is 0. The summed E-state index contributed by atoms with van der Waals surface area (Å²) in [5.74, 6) is 0. The largest absolute Gasteiger partial charge is 0.412 e. The lowest BCUT2D eigenvalue weighted by atomic mass is 16.0. The van der Waals surface area contributed by atoms with E-state index in [9.17, 15) is 0 Å². The number of hydrogen-bond acceptors (Lipinski definition) is 0. The van der Waals surface area contributed by atoms with Gasteiger partial charge in [0.2, 0.25) is 0 Å². The van der Waals surface area contributed by atoms with E-state index >= 15 is 0 Å². The number of hydrogen-bond donors (Lipinski definition) is 0. The monoisotopic (exact) mass is 128 g/mol. The molecule has 0 unspecified atom stereocenters. The average molecular weight is 129 g/mol. The zero-order chi connectivity index (χ0) is 0. The first-order valence-electron chi connectivity index (χ1n) is 0. The Morgan fingerprint density at radius 2 is 0.600 bits per heavy atom. The van der Waals surface area contributed by atoms with Crippen LogP contribution in [0.2, 0.25) is 0 Å². The van der Waals surface area contributed by atoms with Gasteiger partial charge in [0.05, 0.1) is 0 Å². The summed E-state index contributed by atoms with van der Waals surface area (Å²) in [7, 11) is 0. The molecule has 0 heterocycles. The molecule has 5 heavy (non-hydrogen) atoms. The predicted octanol–water partition coefficient (Wildman–Crippen LogP) is -0.653. The molecule has 40 valence electrons. The van der Waals surface area contributed by atoms with Crippen molar-refractivity contribution in [3.8, 4) is 0 Å². The lowest BCUT2D eigenvalue weighted by molar-refractivity contribution is 0.823. The highest BCUT2D eigenvalue weighted by molar-refractivity contribution is 5.85. The first-order chi connectivity index (χ1) is 0. The van der Waals surface area contributed by atoms with Crippen LogP contribution in [0.4, 0.5) is 4.70 Å². The fourth-order valence-electron chi connectivity index (χ4n) is 0. The summed E-state index contributed by atoms with van der Waals surface area (Å²) in [6.45, 7) is 0. The first-order valence-corrected chi connectivity index (χ1v) is 0. The molecule has 5 heteroatoms. The van der Waals surface area contributed by atoms with E-state index in [2.05, 4.69) is 0 Å². The van der Waals surface area contributed by atoms with E-state index in [4.69, 9.17) is 0 Å². The fraction of sp³-hybridized carbons (Fsp3) is 0. The molecular weight excluding hydrogens is 122 g/mol. The lowest BCUT2D eigenvalue weighted by Gasteiger charge is -0.413. The molecule has 0 rings (SSSR count). The Labute approximate surface area is 41.4 Å². The van der Waals surface area contributed by atoms with Crippen LogP contribution in [0.25, 0.3) is 0 Å². The van der Waals surface area contributed by atoms with E-state index in [-0.39, 0.29) is 40.5 Å². The van der Waals surface area contributed by atoms with E-state index in [1.165, 1.54) is 0 Å². The fourth-order valence-corrected chi connectivity index (χ4v) is 0. The normalized spacial score (nSPS) is 0. The predicted molar refractivity (Wildman–Crippen MR) is 24.2 cm³/mol. The molecule has 0 aromatic heterocycles. The SMILES string of the molecule is Cl.Cl.F.O.O. The standard InChI is InChI=1S/2ClH.FH.2H2O/h3*1H;2*1H2. The summed E-state index contributed by atoms with van der Waals surface area (Å²) in [5.41, 5.74) is 0. The second-order valence-corrected chi connectivity index (χ2v) is 0. The van der Waals surface area contributed by atoms with Crippen LogP contribution in [-0.2, 0) is 0 Å². The Bertz CT molecular complexity index is 7.61. The van der Waals surface area contributed by atoms with Crippen molar-refractivity contribution in [2.45, 2.75) is 0 Å². The van der Waals surface area contributed by atoms with Gasteiger partial charge in [-0.05, 0) is 0 Å². The van der Waals surface area contributed by atoms with Gasteiger partial charge in [-0.25, -0.2) is 0 Å². The molecule has 0 aromatic rings. The molecule has 0 aliphatic heterocycles. The van der Waals surface area contributed by atoms with Crippen LogP contribution >= 0.6 is 24.8 Å². The van der Waals surface area contributed by atoms with Crippen LogP contribution in [-0.4, -0.2) is 11.0 Å². The van der Waals surface area contributed by atoms with Crippen LogP contribution in [0.15, 0.2) is 0 Å². The van der Waals surface area contributed by atoms with Gasteiger partial charge in [0, 0.05) is 0 Å². The van der Waals surface area contributed by atoms with Gasteiger partial charge in [0.15, 0.2) is 0 Å². The summed E-state index contributed by atoms with van der Waals surface area (Å²) in [5, 5.41) is 0. The molecule has 0 saturated heterocycles. The molecule has 0 aliphatic carbocycles. The van der Waals surface area contributed by atoms with Crippen LogP contribution in [0.5, 0.6) is 0 Å². The molecule has 0 saturated carbocycles. The Balaban J connectivity index is 0. The topological polar surface area (TPSA) is 63.0 Å². The third-order valence-electron chi connectivity index (χ3n) is 0. The number of halogens is 3. The molecular formula is H7Cl2FO2. The van der Waals surface area contributed by atoms with Gasteiger partial charge in [-0.1, -0.05) is 0 Å². The molecule has 0 aromatic carbocycles. The van der Waals surface area contributed by atoms with Gasteiger partial charge in [0.25, 0.3) is 0 Å². The second kappa shape index (κ2) is 282. The van der Waals surface area contributed by atoms with Crippen LogP contribution < -0.4 is 0 Å². The van der Waals surface area contributed by atoms with Crippen molar-refractivity contribution in [2.75, 3.05) is 0 Å². The quantitative estimate of drug-likeness (QED) is 0.417. The van der Waals surface area contributed by atoms with Crippen molar-refractivity contribution >= 4 is 24.8 Å². The maximum Gasteiger partial charge on any atom is -0.147 e. The van der Waals surface area contributed by atoms with E-state index in [0.717, 1.165) is 0 Å².